The average molecular weight is 254 g/mol. The summed E-state index contributed by atoms with van der Waals surface area (Å²) in [6, 6.07) is 0.954. The van der Waals surface area contributed by atoms with Gasteiger partial charge in [-0.05, 0) is 11.6 Å². The van der Waals surface area contributed by atoms with Crippen LogP contribution in [-0.2, 0) is 6.18 Å². The number of alkyl halides is 3. The van der Waals surface area contributed by atoms with Crippen LogP contribution in [-0.4, -0.2) is 10.7 Å². The van der Waals surface area contributed by atoms with Gasteiger partial charge in [0.2, 0.25) is 0 Å². The summed E-state index contributed by atoms with van der Waals surface area (Å²) in [5, 5.41) is -0.537. The van der Waals surface area contributed by atoms with E-state index >= 15 is 0 Å². The predicted molar refractivity (Wildman–Crippen MR) is 57.1 cm³/mol. The van der Waals surface area contributed by atoms with E-state index in [-0.39, 0.29) is 0 Å². The summed E-state index contributed by atoms with van der Waals surface area (Å²) in [6.07, 6.45) is -0.0772. The first-order chi connectivity index (χ1) is 6.95. The third kappa shape index (κ3) is 3.43. The first kappa shape index (κ1) is 12.4. The molecule has 6 heteroatoms. The smallest absolute Gasteiger partial charge is 0.243 e. The van der Waals surface area contributed by atoms with Crippen molar-refractivity contribution < 1.29 is 13.2 Å². The van der Waals surface area contributed by atoms with Gasteiger partial charge in [0.1, 0.15) is 5.15 Å². The maximum absolute atomic E-state index is 12.4. The lowest BCUT2D eigenvalue weighted by molar-refractivity contribution is -0.137. The van der Waals surface area contributed by atoms with E-state index in [1.807, 2.05) is 0 Å². The Morgan fingerprint density at radius 3 is 2.67 bits per heavy atom. The van der Waals surface area contributed by atoms with Gasteiger partial charge < -0.3 is 0 Å². The Morgan fingerprint density at radius 1 is 1.47 bits per heavy atom. The highest BCUT2D eigenvalue weighted by atomic mass is 35.5. The minimum absolute atomic E-state index is 0.348. The fourth-order valence-corrected chi connectivity index (χ4v) is 1.26. The van der Waals surface area contributed by atoms with Gasteiger partial charge in [0.05, 0.1) is 5.56 Å². The molecular formula is C9H7ClF3NS. The molecule has 1 aromatic rings. The van der Waals surface area contributed by atoms with Crippen molar-refractivity contribution in [2.75, 3.05) is 5.75 Å². The fourth-order valence-electron chi connectivity index (χ4n) is 0.943. The zero-order valence-corrected chi connectivity index (χ0v) is 9.07. The van der Waals surface area contributed by atoms with Crippen LogP contribution in [0.3, 0.4) is 0 Å². The van der Waals surface area contributed by atoms with Crippen molar-refractivity contribution in [3.8, 4) is 0 Å². The van der Waals surface area contributed by atoms with Crippen LogP contribution >= 0.6 is 24.2 Å². The van der Waals surface area contributed by atoms with E-state index in [0.29, 0.717) is 11.3 Å². The highest BCUT2D eigenvalue weighted by Crippen LogP contribution is 2.34. The highest BCUT2D eigenvalue weighted by Gasteiger charge is 2.33. The zero-order valence-electron chi connectivity index (χ0n) is 7.42. The molecule has 82 valence electrons. The van der Waals surface area contributed by atoms with Crippen LogP contribution in [0.5, 0.6) is 0 Å². The molecule has 0 N–H and O–H groups in total. The number of aromatic nitrogens is 1. The minimum atomic E-state index is -4.48. The third-order valence-electron chi connectivity index (χ3n) is 1.58. The standard InChI is InChI=1S/C9H7ClF3NS/c10-8-7(9(11,12)13)4-6(5-14-8)2-1-3-15/h1-2,4-5,15H,3H2. The first-order valence-electron chi connectivity index (χ1n) is 3.95. The van der Waals surface area contributed by atoms with E-state index in [2.05, 4.69) is 17.6 Å². The van der Waals surface area contributed by atoms with Crippen LogP contribution in [0.25, 0.3) is 6.08 Å². The minimum Gasteiger partial charge on any atom is -0.243 e. The van der Waals surface area contributed by atoms with Crippen molar-refractivity contribution in [1.29, 1.82) is 0 Å². The molecule has 0 saturated heterocycles. The van der Waals surface area contributed by atoms with Crippen LogP contribution in [0, 0.1) is 0 Å². The summed E-state index contributed by atoms with van der Waals surface area (Å²) in [6.45, 7) is 0. The van der Waals surface area contributed by atoms with Crippen LogP contribution in [0.2, 0.25) is 5.15 Å². The number of pyridine rings is 1. The monoisotopic (exact) mass is 253 g/mol. The average Bonchev–Trinajstić information content (AvgIpc) is 2.15. The number of thiol groups is 1. The van der Waals surface area contributed by atoms with Gasteiger partial charge in [0.15, 0.2) is 0 Å². The van der Waals surface area contributed by atoms with Gasteiger partial charge in [0.25, 0.3) is 0 Å². The molecule has 0 fully saturated rings. The quantitative estimate of drug-likeness (QED) is 0.626. The molecule has 0 bridgehead atoms. The lowest BCUT2D eigenvalue weighted by atomic mass is 10.2. The Hall–Kier alpha value is -0.680. The van der Waals surface area contributed by atoms with Gasteiger partial charge >= 0.3 is 6.18 Å². The molecule has 15 heavy (non-hydrogen) atoms. The maximum atomic E-state index is 12.4. The predicted octanol–water partition coefficient (Wildman–Crippen LogP) is 3.70. The zero-order chi connectivity index (χ0) is 11.5. The Kier molecular flexibility index (Phi) is 4.04. The van der Waals surface area contributed by atoms with Crippen molar-refractivity contribution in [3.63, 3.8) is 0 Å². The first-order valence-corrected chi connectivity index (χ1v) is 4.96. The van der Waals surface area contributed by atoms with Crippen LogP contribution in [0.1, 0.15) is 11.1 Å². The van der Waals surface area contributed by atoms with Gasteiger partial charge in [-0.15, -0.1) is 0 Å². The summed E-state index contributed by atoms with van der Waals surface area (Å²) in [5.74, 6) is 0.448. The molecule has 0 atom stereocenters. The molecule has 1 nitrogen and oxygen atoms in total. The molecule has 0 aliphatic heterocycles. The highest BCUT2D eigenvalue weighted by molar-refractivity contribution is 7.80. The topological polar surface area (TPSA) is 12.9 Å². The molecule has 1 rings (SSSR count). The summed E-state index contributed by atoms with van der Waals surface area (Å²) in [7, 11) is 0. The summed E-state index contributed by atoms with van der Waals surface area (Å²) >= 11 is 9.24. The lowest BCUT2D eigenvalue weighted by Crippen LogP contribution is -2.07. The molecular weight excluding hydrogens is 247 g/mol. The summed E-state index contributed by atoms with van der Waals surface area (Å²) < 4.78 is 37.2. The van der Waals surface area contributed by atoms with E-state index in [1.165, 1.54) is 12.3 Å². The Morgan fingerprint density at radius 2 is 2.13 bits per heavy atom. The van der Waals surface area contributed by atoms with Crippen molar-refractivity contribution >= 4 is 30.3 Å². The molecule has 0 aromatic carbocycles. The summed E-state index contributed by atoms with van der Waals surface area (Å²) in [5.41, 5.74) is -0.578. The van der Waals surface area contributed by atoms with E-state index in [9.17, 15) is 13.2 Å². The summed E-state index contributed by atoms with van der Waals surface area (Å²) in [4.78, 5) is 3.47. The molecule has 0 amide bonds. The number of halogens is 4. The second-order valence-electron chi connectivity index (χ2n) is 2.69. The Balaban J connectivity index is 3.11. The van der Waals surface area contributed by atoms with Crippen LogP contribution < -0.4 is 0 Å². The Labute approximate surface area is 95.4 Å². The molecule has 0 spiro atoms. The van der Waals surface area contributed by atoms with Crippen molar-refractivity contribution in [1.82, 2.24) is 4.98 Å². The van der Waals surface area contributed by atoms with Gasteiger partial charge in [-0.25, -0.2) is 4.98 Å². The van der Waals surface area contributed by atoms with E-state index in [4.69, 9.17) is 11.6 Å². The van der Waals surface area contributed by atoms with Gasteiger partial charge in [-0.2, -0.15) is 25.8 Å². The van der Waals surface area contributed by atoms with Crippen molar-refractivity contribution in [2.45, 2.75) is 6.18 Å². The number of rotatable bonds is 2. The number of nitrogens with zero attached hydrogens (tertiary/aromatic N) is 1. The number of hydrogen-bond acceptors (Lipinski definition) is 2. The van der Waals surface area contributed by atoms with Gasteiger partial charge in [-0.1, -0.05) is 23.8 Å². The fraction of sp³-hybridized carbons (Fsp3) is 0.222. The van der Waals surface area contributed by atoms with Crippen LogP contribution in [0.4, 0.5) is 13.2 Å². The largest absolute Gasteiger partial charge is 0.419 e. The van der Waals surface area contributed by atoms with Gasteiger partial charge in [0, 0.05) is 11.9 Å². The lowest BCUT2D eigenvalue weighted by Gasteiger charge is -2.08. The van der Waals surface area contributed by atoms with Crippen molar-refractivity contribution in [2.24, 2.45) is 0 Å². The SMILES string of the molecule is FC(F)(F)c1cc(C=CCS)cnc1Cl. The Bertz CT molecular complexity index is 376. The van der Waals surface area contributed by atoms with E-state index < -0.39 is 16.9 Å². The normalized spacial score (nSPS) is 12.3. The molecule has 0 radical (unpaired) electrons. The van der Waals surface area contributed by atoms with E-state index in [0.717, 1.165) is 6.07 Å². The molecule has 0 saturated carbocycles. The molecule has 1 aromatic heterocycles. The molecule has 0 unspecified atom stereocenters. The maximum Gasteiger partial charge on any atom is 0.419 e. The van der Waals surface area contributed by atoms with Crippen LogP contribution in [0.15, 0.2) is 18.3 Å². The second-order valence-corrected chi connectivity index (χ2v) is 3.41. The van der Waals surface area contributed by atoms with E-state index in [1.54, 1.807) is 6.08 Å². The third-order valence-corrected chi connectivity index (χ3v) is 2.09. The second kappa shape index (κ2) is 4.90. The molecule has 0 aliphatic carbocycles. The van der Waals surface area contributed by atoms with Crippen molar-refractivity contribution in [3.05, 3.63) is 34.6 Å². The van der Waals surface area contributed by atoms with Gasteiger partial charge in [-0.3, -0.25) is 0 Å². The molecule has 0 aliphatic rings. The number of hydrogen-bond donors (Lipinski definition) is 1. The molecule has 1 heterocycles.